The lowest BCUT2D eigenvalue weighted by molar-refractivity contribution is -0.123. The molecule has 36 heavy (non-hydrogen) atoms. The van der Waals surface area contributed by atoms with Gasteiger partial charge in [0.15, 0.2) is 11.6 Å². The van der Waals surface area contributed by atoms with Crippen molar-refractivity contribution in [3.8, 4) is 0 Å². The number of ether oxygens (including phenoxy) is 1. The largest absolute Gasteiger partial charge is 0.450 e. The molecule has 8 nitrogen and oxygen atoms in total. The topological polar surface area (TPSA) is 87.2 Å². The number of imide groups is 1. The van der Waals surface area contributed by atoms with Gasteiger partial charge in [-0.25, -0.2) is 13.6 Å². The second kappa shape index (κ2) is 10.9. The minimum atomic E-state index is -1.05. The van der Waals surface area contributed by atoms with Crippen molar-refractivity contribution in [2.45, 2.75) is 13.5 Å². The van der Waals surface area contributed by atoms with Gasteiger partial charge in [-0.15, -0.1) is 0 Å². The first-order valence-electron chi connectivity index (χ1n) is 11.3. The fourth-order valence-corrected chi connectivity index (χ4v) is 4.66. The second-order valence-corrected chi connectivity index (χ2v) is 9.11. The van der Waals surface area contributed by atoms with Crippen molar-refractivity contribution in [3.63, 3.8) is 0 Å². The Morgan fingerprint density at radius 2 is 1.64 bits per heavy atom. The van der Waals surface area contributed by atoms with Gasteiger partial charge >= 0.3 is 6.09 Å². The number of amides is 4. The fraction of sp³-hybridized carbons (Fsp3) is 0.280. The molecule has 0 bridgehead atoms. The first-order chi connectivity index (χ1) is 17.3. The van der Waals surface area contributed by atoms with Gasteiger partial charge in [-0.05, 0) is 60.2 Å². The number of piperazine rings is 1. The van der Waals surface area contributed by atoms with Gasteiger partial charge < -0.3 is 14.5 Å². The molecule has 2 heterocycles. The molecule has 2 fully saturated rings. The molecule has 0 aliphatic carbocycles. The first-order valence-corrected chi connectivity index (χ1v) is 12.1. The molecule has 0 radical (unpaired) electrons. The molecule has 2 aromatic carbocycles. The van der Waals surface area contributed by atoms with Crippen LogP contribution in [0.25, 0.3) is 6.08 Å². The van der Waals surface area contributed by atoms with Gasteiger partial charge in [-0.1, -0.05) is 18.2 Å². The predicted molar refractivity (Wildman–Crippen MR) is 129 cm³/mol. The summed E-state index contributed by atoms with van der Waals surface area (Å²) in [6, 6.07) is 9.83. The maximum atomic E-state index is 13.5. The number of carbonyl (C=O) groups is 4. The number of benzene rings is 2. The van der Waals surface area contributed by atoms with Gasteiger partial charge in [0.1, 0.15) is 0 Å². The van der Waals surface area contributed by atoms with Crippen LogP contribution in [0.5, 0.6) is 0 Å². The van der Waals surface area contributed by atoms with Crippen LogP contribution < -0.4 is 0 Å². The van der Waals surface area contributed by atoms with Crippen LogP contribution in [0.4, 0.5) is 18.4 Å². The van der Waals surface area contributed by atoms with Gasteiger partial charge in [0.25, 0.3) is 17.1 Å². The maximum absolute atomic E-state index is 13.5. The third kappa shape index (κ3) is 5.56. The number of carbonyl (C=O) groups excluding carboxylic acids is 4. The van der Waals surface area contributed by atoms with Gasteiger partial charge in [-0.2, -0.15) is 0 Å². The van der Waals surface area contributed by atoms with E-state index in [0.717, 1.165) is 28.8 Å². The van der Waals surface area contributed by atoms with Gasteiger partial charge in [0.05, 0.1) is 18.1 Å². The van der Waals surface area contributed by atoms with E-state index in [-0.39, 0.29) is 23.5 Å². The lowest BCUT2D eigenvalue weighted by Gasteiger charge is -2.34. The number of nitrogens with zero attached hydrogens (tertiary/aromatic N) is 3. The zero-order valence-corrected chi connectivity index (χ0v) is 20.2. The normalized spacial score (nSPS) is 17.2. The minimum absolute atomic E-state index is 0.170. The van der Waals surface area contributed by atoms with Crippen LogP contribution in [-0.2, 0) is 16.1 Å². The molecule has 4 rings (SSSR count). The Labute approximate surface area is 210 Å². The van der Waals surface area contributed by atoms with Crippen LogP contribution in [0, 0.1) is 11.6 Å². The first kappa shape index (κ1) is 25.4. The van der Waals surface area contributed by atoms with E-state index in [1.807, 2.05) is 0 Å². The summed E-state index contributed by atoms with van der Waals surface area (Å²) in [7, 11) is 0. The molecule has 2 aliphatic heterocycles. The van der Waals surface area contributed by atoms with Crippen molar-refractivity contribution in [1.29, 1.82) is 0 Å². The number of rotatable bonds is 5. The SMILES string of the molecule is CCOC(=O)N1CCN(C(=O)c2ccc(/C=C3\SC(=O)N(Cc4ccc(F)c(F)c4)C3=O)cc2)CC1. The van der Waals surface area contributed by atoms with E-state index >= 15 is 0 Å². The highest BCUT2D eigenvalue weighted by Crippen LogP contribution is 2.33. The van der Waals surface area contributed by atoms with E-state index < -0.39 is 22.8 Å². The molecule has 2 saturated heterocycles. The summed E-state index contributed by atoms with van der Waals surface area (Å²) in [6.45, 7) is 3.44. The molecule has 0 aromatic heterocycles. The molecule has 0 atom stereocenters. The minimum Gasteiger partial charge on any atom is -0.450 e. The van der Waals surface area contributed by atoms with E-state index in [4.69, 9.17) is 4.74 Å². The van der Waals surface area contributed by atoms with Crippen LogP contribution in [-0.4, -0.2) is 70.6 Å². The zero-order valence-electron chi connectivity index (χ0n) is 19.4. The number of hydrogen-bond donors (Lipinski definition) is 0. The van der Waals surface area contributed by atoms with E-state index in [2.05, 4.69) is 0 Å². The Morgan fingerprint density at radius 3 is 2.28 bits per heavy atom. The molecule has 0 N–H and O–H groups in total. The maximum Gasteiger partial charge on any atom is 0.409 e. The standard InChI is InChI=1S/C25H23F2N3O5S/c1-2-35-24(33)29-11-9-28(10-12-29)22(31)18-6-3-16(4-7-18)14-21-23(32)30(25(34)36-21)15-17-5-8-19(26)20(27)13-17/h3-8,13-14H,2,9-12,15H2,1H3/b21-14-. The Hall–Kier alpha value is -3.73. The predicted octanol–water partition coefficient (Wildman–Crippen LogP) is 4.12. The third-order valence-electron chi connectivity index (χ3n) is 5.75. The Morgan fingerprint density at radius 1 is 0.972 bits per heavy atom. The molecule has 2 aromatic rings. The molecule has 11 heteroatoms. The molecule has 0 saturated carbocycles. The Balaban J connectivity index is 1.38. The van der Waals surface area contributed by atoms with Gasteiger partial charge in [0.2, 0.25) is 0 Å². The van der Waals surface area contributed by atoms with Crippen LogP contribution >= 0.6 is 11.8 Å². The lowest BCUT2D eigenvalue weighted by Crippen LogP contribution is -2.50. The summed E-state index contributed by atoms with van der Waals surface area (Å²) in [5, 5.41) is -0.509. The highest BCUT2D eigenvalue weighted by Gasteiger charge is 2.35. The molecule has 188 valence electrons. The molecular formula is C25H23F2N3O5S. The summed E-state index contributed by atoms with van der Waals surface area (Å²) in [6.07, 6.45) is 1.16. The van der Waals surface area contributed by atoms with Crippen molar-refractivity contribution in [2.24, 2.45) is 0 Å². The van der Waals surface area contributed by atoms with E-state index in [0.29, 0.717) is 49.5 Å². The van der Waals surface area contributed by atoms with Crippen molar-refractivity contribution in [1.82, 2.24) is 14.7 Å². The molecular weight excluding hydrogens is 492 g/mol. The Bertz CT molecular complexity index is 1230. The molecule has 0 spiro atoms. The van der Waals surface area contributed by atoms with Crippen LogP contribution in [0.3, 0.4) is 0 Å². The number of thioether (sulfide) groups is 1. The highest BCUT2D eigenvalue weighted by molar-refractivity contribution is 8.18. The number of hydrogen-bond acceptors (Lipinski definition) is 6. The number of halogens is 2. The average molecular weight is 516 g/mol. The van der Waals surface area contributed by atoms with Crippen LogP contribution in [0.1, 0.15) is 28.4 Å². The second-order valence-electron chi connectivity index (χ2n) is 8.12. The molecule has 0 unspecified atom stereocenters. The van der Waals surface area contributed by atoms with E-state index in [1.54, 1.807) is 47.1 Å². The summed E-state index contributed by atoms with van der Waals surface area (Å²) in [4.78, 5) is 54.1. The third-order valence-corrected chi connectivity index (χ3v) is 6.65. The lowest BCUT2D eigenvalue weighted by atomic mass is 10.1. The van der Waals surface area contributed by atoms with E-state index in [9.17, 15) is 28.0 Å². The molecule has 4 amide bonds. The monoisotopic (exact) mass is 515 g/mol. The smallest absolute Gasteiger partial charge is 0.409 e. The van der Waals surface area contributed by atoms with Crippen molar-refractivity contribution in [2.75, 3.05) is 32.8 Å². The Kier molecular flexibility index (Phi) is 7.68. The summed E-state index contributed by atoms with van der Waals surface area (Å²) >= 11 is 0.755. The summed E-state index contributed by atoms with van der Waals surface area (Å²) in [5.41, 5.74) is 1.38. The van der Waals surface area contributed by atoms with Gasteiger partial charge in [-0.3, -0.25) is 19.3 Å². The summed E-state index contributed by atoms with van der Waals surface area (Å²) in [5.74, 6) is -2.76. The van der Waals surface area contributed by atoms with Crippen LogP contribution in [0.15, 0.2) is 47.4 Å². The van der Waals surface area contributed by atoms with Gasteiger partial charge in [0, 0.05) is 31.7 Å². The summed E-state index contributed by atoms with van der Waals surface area (Å²) < 4.78 is 31.6. The zero-order chi connectivity index (χ0) is 25.8. The fourth-order valence-electron chi connectivity index (χ4n) is 3.82. The molecule has 2 aliphatic rings. The highest BCUT2D eigenvalue weighted by atomic mass is 32.2. The van der Waals surface area contributed by atoms with Crippen molar-refractivity contribution in [3.05, 3.63) is 75.7 Å². The van der Waals surface area contributed by atoms with Crippen molar-refractivity contribution >= 4 is 41.0 Å². The van der Waals surface area contributed by atoms with Crippen LogP contribution in [0.2, 0.25) is 0 Å². The van der Waals surface area contributed by atoms with E-state index in [1.165, 1.54) is 6.07 Å². The van der Waals surface area contributed by atoms with Crippen molar-refractivity contribution < 1.29 is 32.7 Å². The quantitative estimate of drug-likeness (QED) is 0.557. The average Bonchev–Trinajstić information content (AvgIpc) is 3.13.